The fourth-order valence-electron chi connectivity index (χ4n) is 7.24. The summed E-state index contributed by atoms with van der Waals surface area (Å²) in [4.78, 5) is 74.3. The van der Waals surface area contributed by atoms with Gasteiger partial charge in [-0.25, -0.2) is 0 Å². The molecule has 0 radical (unpaired) electrons. The molecule has 2 rings (SSSR count). The van der Waals surface area contributed by atoms with E-state index in [0.29, 0.717) is 45.5 Å². The van der Waals surface area contributed by atoms with Crippen molar-refractivity contribution in [2.45, 2.75) is 154 Å². The first-order valence-electron chi connectivity index (χ1n) is 20.1. The summed E-state index contributed by atoms with van der Waals surface area (Å²) >= 11 is 0. The van der Waals surface area contributed by atoms with E-state index < -0.39 is 54.0 Å². The van der Waals surface area contributed by atoms with Gasteiger partial charge in [-0.1, -0.05) is 72.6 Å². The summed E-state index contributed by atoms with van der Waals surface area (Å²) in [5.74, 6) is -2.17. The number of carbonyl (C=O) groups is 5. The molecule has 14 nitrogen and oxygen atoms in total. The number of nitrogens with two attached hydrogens (primary N) is 2. The normalized spacial score (nSPS) is 27.3. The van der Waals surface area contributed by atoms with Crippen molar-refractivity contribution in [3.8, 4) is 0 Å². The minimum Gasteiger partial charge on any atom is -0.379 e. The summed E-state index contributed by atoms with van der Waals surface area (Å²) in [5, 5.41) is 11.7. The average Bonchev–Trinajstić information content (AvgIpc) is 3.40. The third kappa shape index (κ3) is 14.9. The second-order valence-electron chi connectivity index (χ2n) is 15.3. The second kappa shape index (κ2) is 24.5. The van der Waals surface area contributed by atoms with E-state index in [1.807, 2.05) is 20.8 Å². The van der Waals surface area contributed by atoms with Gasteiger partial charge in [0, 0.05) is 32.8 Å². The van der Waals surface area contributed by atoms with Gasteiger partial charge in [0.2, 0.25) is 29.5 Å². The quantitative estimate of drug-likeness (QED) is 0.107. The van der Waals surface area contributed by atoms with Crippen molar-refractivity contribution >= 4 is 29.5 Å². The van der Waals surface area contributed by atoms with Crippen LogP contribution in [0.15, 0.2) is 0 Å². The van der Waals surface area contributed by atoms with Gasteiger partial charge in [-0.3, -0.25) is 28.9 Å². The van der Waals surface area contributed by atoms with E-state index in [1.165, 1.54) is 0 Å². The SMILES string of the molecule is CCCC[C@H]1C(=O)N(C)[C@@H](CC(C)C)C(=O)N[C@@H](C2CCCCCC2)C(=O)N[C@@H](CN)C(=O)N[C@@H](COCCCN)C(=O)N[C@H](C)CN1CCCC. The fraction of sp³-hybridized carbons (Fsp3) is 0.868. The van der Waals surface area contributed by atoms with Gasteiger partial charge in [0.25, 0.3) is 0 Å². The predicted octanol–water partition coefficient (Wildman–Crippen LogP) is 1.79. The molecule has 5 amide bonds. The fourth-order valence-corrected chi connectivity index (χ4v) is 7.24. The lowest BCUT2D eigenvalue weighted by atomic mass is 9.90. The number of amides is 5. The summed E-state index contributed by atoms with van der Waals surface area (Å²) in [7, 11) is 1.69. The van der Waals surface area contributed by atoms with Crippen LogP contribution in [0.25, 0.3) is 0 Å². The Bertz CT molecular complexity index is 1100. The molecule has 0 bridgehead atoms. The van der Waals surface area contributed by atoms with Gasteiger partial charge >= 0.3 is 0 Å². The molecule has 0 aromatic carbocycles. The molecular weight excluding hydrogens is 664 g/mol. The Kier molecular flexibility index (Phi) is 21.4. The highest BCUT2D eigenvalue weighted by Gasteiger charge is 2.39. The van der Waals surface area contributed by atoms with Crippen LogP contribution in [0.5, 0.6) is 0 Å². The van der Waals surface area contributed by atoms with E-state index in [9.17, 15) is 24.0 Å². The number of ether oxygens (including phenoxy) is 1. The van der Waals surface area contributed by atoms with E-state index in [2.05, 4.69) is 40.0 Å². The molecule has 6 atom stereocenters. The highest BCUT2D eigenvalue weighted by molar-refractivity contribution is 5.96. The molecule has 0 aromatic rings. The lowest BCUT2D eigenvalue weighted by Gasteiger charge is -2.38. The number of rotatable bonds is 15. The highest BCUT2D eigenvalue weighted by atomic mass is 16.5. The Balaban J connectivity index is 2.66. The van der Waals surface area contributed by atoms with Gasteiger partial charge < -0.3 is 42.4 Å². The monoisotopic (exact) mass is 737 g/mol. The predicted molar refractivity (Wildman–Crippen MR) is 204 cm³/mol. The van der Waals surface area contributed by atoms with E-state index in [1.54, 1.807) is 11.9 Å². The molecular formula is C38H72N8O6. The minimum atomic E-state index is -1.16. The number of carbonyl (C=O) groups excluding carboxylic acids is 5. The zero-order valence-electron chi connectivity index (χ0n) is 33.1. The van der Waals surface area contributed by atoms with Crippen molar-refractivity contribution in [3.05, 3.63) is 0 Å². The van der Waals surface area contributed by atoms with E-state index in [0.717, 1.165) is 64.2 Å². The van der Waals surface area contributed by atoms with E-state index in [-0.39, 0.29) is 36.8 Å². The number of nitrogens with one attached hydrogen (secondary N) is 4. The summed E-state index contributed by atoms with van der Waals surface area (Å²) < 4.78 is 5.73. The maximum absolute atomic E-state index is 14.6. The van der Waals surface area contributed by atoms with E-state index in [4.69, 9.17) is 16.2 Å². The molecule has 0 unspecified atom stereocenters. The van der Waals surface area contributed by atoms with Crippen LogP contribution >= 0.6 is 0 Å². The van der Waals surface area contributed by atoms with Crippen molar-refractivity contribution in [2.75, 3.05) is 46.4 Å². The molecule has 1 saturated carbocycles. The lowest BCUT2D eigenvalue weighted by molar-refractivity contribution is -0.145. The zero-order valence-corrected chi connectivity index (χ0v) is 33.1. The standard InChI is InChI=1S/C38H72N8O6/c1-7-9-18-31-38(51)45(6)32(22-26(3)4)36(49)44-33(28-16-13-11-12-14-17-28)37(50)42-29(23-40)34(47)43-30(25-52-21-15-19-39)35(48)41-27(5)24-46(31)20-10-8-2/h26-33H,7-25,39-40H2,1-6H3,(H,41,48)(H,42,50)(H,43,47)(H,44,49)/t27-,29+,30+,31+,32+,33+/m1/s1. The van der Waals surface area contributed by atoms with Crippen molar-refractivity contribution < 1.29 is 28.7 Å². The molecule has 2 fully saturated rings. The molecule has 8 N–H and O–H groups in total. The molecule has 14 heteroatoms. The summed E-state index contributed by atoms with van der Waals surface area (Å²) in [6.07, 6.45) is 10.5. The Hall–Kier alpha value is -2.81. The number of unbranched alkanes of at least 4 members (excludes halogenated alkanes) is 2. The van der Waals surface area contributed by atoms with Crippen LogP contribution in [-0.2, 0) is 28.7 Å². The number of likely N-dealkylation sites (N-methyl/N-ethyl adjacent to an activating group) is 1. The molecule has 1 aliphatic carbocycles. The van der Waals surface area contributed by atoms with Crippen LogP contribution in [0, 0.1) is 11.8 Å². The second-order valence-corrected chi connectivity index (χ2v) is 15.3. The Morgan fingerprint density at radius 1 is 0.788 bits per heavy atom. The number of nitrogens with zero attached hydrogens (tertiary/aromatic N) is 2. The lowest BCUT2D eigenvalue weighted by Crippen LogP contribution is -2.63. The summed E-state index contributed by atoms with van der Waals surface area (Å²) in [6.45, 7) is 11.5. The van der Waals surface area contributed by atoms with Crippen molar-refractivity contribution in [1.82, 2.24) is 31.1 Å². The largest absolute Gasteiger partial charge is 0.379 e. The first-order valence-corrected chi connectivity index (χ1v) is 20.1. The van der Waals surface area contributed by atoms with Crippen LogP contribution in [0.4, 0.5) is 0 Å². The maximum Gasteiger partial charge on any atom is 0.245 e. The van der Waals surface area contributed by atoms with Crippen LogP contribution in [0.2, 0.25) is 0 Å². The summed E-state index contributed by atoms with van der Waals surface area (Å²) in [6, 6.07) is -4.88. The number of hydrogen-bond acceptors (Lipinski definition) is 9. The average molecular weight is 737 g/mol. The third-order valence-corrected chi connectivity index (χ3v) is 10.3. The van der Waals surface area contributed by atoms with Crippen molar-refractivity contribution in [3.63, 3.8) is 0 Å². The smallest absolute Gasteiger partial charge is 0.245 e. The Morgan fingerprint density at radius 3 is 2.02 bits per heavy atom. The molecule has 1 aliphatic heterocycles. The molecule has 0 spiro atoms. The Labute approximate surface area is 313 Å². The van der Waals surface area contributed by atoms with Crippen molar-refractivity contribution in [2.24, 2.45) is 23.3 Å². The molecule has 300 valence electrons. The van der Waals surface area contributed by atoms with Crippen LogP contribution in [0.1, 0.15) is 118 Å². The van der Waals surface area contributed by atoms with Gasteiger partial charge in [-0.15, -0.1) is 0 Å². The molecule has 1 saturated heterocycles. The third-order valence-electron chi connectivity index (χ3n) is 10.3. The van der Waals surface area contributed by atoms with Gasteiger partial charge in [0.15, 0.2) is 0 Å². The van der Waals surface area contributed by atoms with Gasteiger partial charge in [0.1, 0.15) is 24.2 Å². The topological polar surface area (TPSA) is 201 Å². The highest BCUT2D eigenvalue weighted by Crippen LogP contribution is 2.27. The van der Waals surface area contributed by atoms with Gasteiger partial charge in [0.05, 0.1) is 12.6 Å². The zero-order chi connectivity index (χ0) is 38.6. The van der Waals surface area contributed by atoms with Gasteiger partial charge in [-0.05, 0) is 70.4 Å². The molecule has 1 heterocycles. The van der Waals surface area contributed by atoms with E-state index >= 15 is 0 Å². The maximum atomic E-state index is 14.6. The first kappa shape index (κ1) is 45.3. The van der Waals surface area contributed by atoms with Crippen LogP contribution < -0.4 is 32.7 Å². The molecule has 52 heavy (non-hydrogen) atoms. The van der Waals surface area contributed by atoms with Crippen LogP contribution in [-0.4, -0.2) is 122 Å². The first-order chi connectivity index (χ1) is 24.9. The van der Waals surface area contributed by atoms with Crippen LogP contribution in [0.3, 0.4) is 0 Å². The molecule has 0 aromatic heterocycles. The van der Waals surface area contributed by atoms with Gasteiger partial charge in [-0.2, -0.15) is 0 Å². The molecule has 2 aliphatic rings. The van der Waals surface area contributed by atoms with Crippen molar-refractivity contribution in [1.29, 1.82) is 0 Å². The minimum absolute atomic E-state index is 0.0899. The number of hydrogen-bond donors (Lipinski definition) is 6. The Morgan fingerprint density at radius 2 is 1.42 bits per heavy atom. The summed E-state index contributed by atoms with van der Waals surface area (Å²) in [5.41, 5.74) is 11.7.